The normalized spacial score (nSPS) is 15.8. The number of benzene rings is 1. The Labute approximate surface area is 194 Å². The number of hydrogen-bond donors (Lipinski definition) is 2. The molecule has 2 aromatic rings. The molecule has 29 heavy (non-hydrogen) atoms. The number of rotatable bonds is 4. The molecule has 0 unspecified atom stereocenters. The third-order valence-corrected chi connectivity index (χ3v) is 5.81. The fourth-order valence-corrected chi connectivity index (χ4v) is 4.20. The highest BCUT2D eigenvalue weighted by molar-refractivity contribution is 14.0. The van der Waals surface area contributed by atoms with Crippen LogP contribution in [-0.2, 0) is 12.0 Å². The Bertz CT molecular complexity index is 809. The van der Waals surface area contributed by atoms with Crippen LogP contribution in [0.1, 0.15) is 44.3 Å². The van der Waals surface area contributed by atoms with Gasteiger partial charge in [0, 0.05) is 42.7 Å². The number of aliphatic imine (C=N–C) groups is 1. The number of nitrogens with one attached hydrogen (secondary N) is 2. The first kappa shape index (κ1) is 23.9. The Morgan fingerprint density at radius 2 is 2.03 bits per heavy atom. The van der Waals surface area contributed by atoms with E-state index in [0.717, 1.165) is 48.3 Å². The van der Waals surface area contributed by atoms with Crippen LogP contribution in [0.5, 0.6) is 0 Å². The van der Waals surface area contributed by atoms with E-state index < -0.39 is 0 Å². The van der Waals surface area contributed by atoms with Gasteiger partial charge in [0.15, 0.2) is 5.96 Å². The van der Waals surface area contributed by atoms with Crippen molar-refractivity contribution in [1.82, 2.24) is 15.6 Å². The van der Waals surface area contributed by atoms with Gasteiger partial charge in [-0.25, -0.2) is 9.37 Å². The summed E-state index contributed by atoms with van der Waals surface area (Å²) in [6.45, 7) is 9.00. The van der Waals surface area contributed by atoms with Crippen molar-refractivity contribution in [2.24, 2.45) is 4.99 Å². The summed E-state index contributed by atoms with van der Waals surface area (Å²) in [5, 5.41) is 10.1. The van der Waals surface area contributed by atoms with Crippen molar-refractivity contribution < 1.29 is 4.39 Å². The Hall–Kier alpha value is -1.42. The summed E-state index contributed by atoms with van der Waals surface area (Å²) in [5.74, 6) is 0.621. The molecule has 3 rings (SSSR count). The van der Waals surface area contributed by atoms with Gasteiger partial charge < -0.3 is 15.5 Å². The van der Waals surface area contributed by atoms with Crippen molar-refractivity contribution >= 4 is 47.0 Å². The molecular weight excluding hydrogens is 500 g/mol. The highest BCUT2D eigenvalue weighted by Gasteiger charge is 2.21. The van der Waals surface area contributed by atoms with E-state index in [4.69, 9.17) is 4.98 Å². The number of hydrogen-bond acceptors (Lipinski definition) is 4. The lowest BCUT2D eigenvalue weighted by Gasteiger charge is -2.34. The van der Waals surface area contributed by atoms with Crippen molar-refractivity contribution in [3.63, 3.8) is 0 Å². The second kappa shape index (κ2) is 10.6. The molecule has 1 saturated heterocycles. The van der Waals surface area contributed by atoms with Gasteiger partial charge >= 0.3 is 0 Å². The van der Waals surface area contributed by atoms with Crippen molar-refractivity contribution in [2.75, 3.05) is 25.0 Å². The molecule has 160 valence electrons. The second-order valence-electron chi connectivity index (χ2n) is 8.19. The zero-order valence-corrected chi connectivity index (χ0v) is 20.7. The van der Waals surface area contributed by atoms with Crippen LogP contribution in [0.15, 0.2) is 34.6 Å². The molecule has 0 atom stereocenters. The molecule has 0 saturated carbocycles. The van der Waals surface area contributed by atoms with E-state index in [9.17, 15) is 4.39 Å². The standard InChI is InChI=1S/C21H30FN5S.HI/c1-21(2,3)18-14-28-19(26-18)13-24-20(23-4)25-16-8-10-27(11-9-16)17-7-5-6-15(22)12-17;/h5-7,12,14,16H,8-11,13H2,1-4H3,(H2,23,24,25);1H. The van der Waals surface area contributed by atoms with Gasteiger partial charge in [-0.05, 0) is 31.0 Å². The van der Waals surface area contributed by atoms with Gasteiger partial charge in [-0.15, -0.1) is 35.3 Å². The Balaban J connectivity index is 0.00000300. The van der Waals surface area contributed by atoms with Gasteiger partial charge in [0.1, 0.15) is 10.8 Å². The van der Waals surface area contributed by atoms with Crippen LogP contribution < -0.4 is 15.5 Å². The highest BCUT2D eigenvalue weighted by Crippen LogP contribution is 2.24. The van der Waals surface area contributed by atoms with E-state index >= 15 is 0 Å². The van der Waals surface area contributed by atoms with Gasteiger partial charge in [0.2, 0.25) is 0 Å². The second-order valence-corrected chi connectivity index (χ2v) is 9.13. The highest BCUT2D eigenvalue weighted by atomic mass is 127. The molecule has 0 aliphatic carbocycles. The number of anilines is 1. The first-order valence-electron chi connectivity index (χ1n) is 9.78. The minimum atomic E-state index is -0.181. The van der Waals surface area contributed by atoms with Crippen LogP contribution in [0.3, 0.4) is 0 Å². The van der Waals surface area contributed by atoms with Crippen molar-refractivity contribution in [2.45, 2.75) is 51.6 Å². The molecule has 0 radical (unpaired) electrons. The van der Waals surface area contributed by atoms with Crippen molar-refractivity contribution in [3.05, 3.63) is 46.2 Å². The van der Waals surface area contributed by atoms with Gasteiger partial charge in [-0.2, -0.15) is 0 Å². The lowest BCUT2D eigenvalue weighted by atomic mass is 9.93. The fraction of sp³-hybridized carbons (Fsp3) is 0.524. The summed E-state index contributed by atoms with van der Waals surface area (Å²) < 4.78 is 13.4. The van der Waals surface area contributed by atoms with Crippen LogP contribution in [0.4, 0.5) is 10.1 Å². The third kappa shape index (κ3) is 6.80. The minimum Gasteiger partial charge on any atom is -0.371 e. The molecule has 1 aromatic heterocycles. The van der Waals surface area contributed by atoms with Crippen LogP contribution in [0, 0.1) is 5.82 Å². The molecule has 0 amide bonds. The number of halogens is 2. The molecule has 1 fully saturated rings. The minimum absolute atomic E-state index is 0. The van der Waals surface area contributed by atoms with E-state index in [-0.39, 0.29) is 35.2 Å². The van der Waals surface area contributed by atoms with E-state index in [1.54, 1.807) is 30.5 Å². The van der Waals surface area contributed by atoms with E-state index in [0.29, 0.717) is 12.6 Å². The Morgan fingerprint density at radius 3 is 2.62 bits per heavy atom. The van der Waals surface area contributed by atoms with Gasteiger partial charge in [-0.1, -0.05) is 26.8 Å². The molecule has 1 aliphatic rings. The Morgan fingerprint density at radius 1 is 1.31 bits per heavy atom. The summed E-state index contributed by atoms with van der Waals surface area (Å²) >= 11 is 1.68. The number of guanidine groups is 1. The lowest BCUT2D eigenvalue weighted by Crippen LogP contribution is -2.48. The number of aromatic nitrogens is 1. The van der Waals surface area contributed by atoms with Gasteiger partial charge in [0.05, 0.1) is 12.2 Å². The topological polar surface area (TPSA) is 52.6 Å². The van der Waals surface area contributed by atoms with E-state index in [2.05, 4.69) is 46.7 Å². The van der Waals surface area contributed by atoms with Crippen LogP contribution in [0.25, 0.3) is 0 Å². The predicted molar refractivity (Wildman–Crippen MR) is 131 cm³/mol. The monoisotopic (exact) mass is 531 g/mol. The average molecular weight is 531 g/mol. The smallest absolute Gasteiger partial charge is 0.191 e. The lowest BCUT2D eigenvalue weighted by molar-refractivity contribution is 0.461. The third-order valence-electron chi connectivity index (χ3n) is 4.96. The molecule has 2 N–H and O–H groups in total. The Kier molecular flexibility index (Phi) is 8.69. The number of thiazole rings is 1. The van der Waals surface area contributed by atoms with Gasteiger partial charge in [0.25, 0.3) is 0 Å². The summed E-state index contributed by atoms with van der Waals surface area (Å²) in [5.41, 5.74) is 2.16. The van der Waals surface area contributed by atoms with Crippen LogP contribution in [0.2, 0.25) is 0 Å². The summed E-state index contributed by atoms with van der Waals surface area (Å²) in [6.07, 6.45) is 1.98. The maximum Gasteiger partial charge on any atom is 0.191 e. The molecular formula is C21H31FIN5S. The first-order chi connectivity index (χ1) is 13.3. The summed E-state index contributed by atoms with van der Waals surface area (Å²) in [7, 11) is 1.79. The quantitative estimate of drug-likeness (QED) is 0.346. The zero-order chi connectivity index (χ0) is 20.1. The molecule has 0 bridgehead atoms. The molecule has 8 heteroatoms. The predicted octanol–water partition coefficient (Wildman–Crippen LogP) is 4.53. The fourth-order valence-electron chi connectivity index (χ4n) is 3.24. The van der Waals surface area contributed by atoms with Crippen LogP contribution >= 0.6 is 35.3 Å². The first-order valence-corrected chi connectivity index (χ1v) is 10.7. The zero-order valence-electron chi connectivity index (χ0n) is 17.5. The van der Waals surface area contributed by atoms with E-state index in [1.165, 1.54) is 6.07 Å². The molecule has 1 aromatic carbocycles. The van der Waals surface area contributed by atoms with Crippen molar-refractivity contribution in [1.29, 1.82) is 0 Å². The van der Waals surface area contributed by atoms with Crippen LogP contribution in [-0.4, -0.2) is 37.1 Å². The molecule has 1 aliphatic heterocycles. The molecule has 0 spiro atoms. The summed E-state index contributed by atoms with van der Waals surface area (Å²) in [4.78, 5) is 11.3. The number of piperidine rings is 1. The van der Waals surface area contributed by atoms with E-state index in [1.807, 2.05) is 6.07 Å². The SMILES string of the molecule is CN=C(NCc1nc(C(C)(C)C)cs1)NC1CCN(c2cccc(F)c2)CC1.I. The average Bonchev–Trinajstić information content (AvgIpc) is 3.15. The summed E-state index contributed by atoms with van der Waals surface area (Å²) in [6, 6.07) is 7.19. The van der Waals surface area contributed by atoms with Crippen molar-refractivity contribution in [3.8, 4) is 0 Å². The number of nitrogens with zero attached hydrogens (tertiary/aromatic N) is 3. The van der Waals surface area contributed by atoms with Gasteiger partial charge in [-0.3, -0.25) is 4.99 Å². The molecule has 2 heterocycles. The molecule has 5 nitrogen and oxygen atoms in total. The maximum atomic E-state index is 13.4. The largest absolute Gasteiger partial charge is 0.371 e. The maximum absolute atomic E-state index is 13.4.